The van der Waals surface area contributed by atoms with Crippen molar-refractivity contribution < 1.29 is 4.92 Å². The van der Waals surface area contributed by atoms with Crippen LogP contribution >= 0.6 is 0 Å². The van der Waals surface area contributed by atoms with Gasteiger partial charge in [-0.2, -0.15) is 0 Å². The van der Waals surface area contributed by atoms with Crippen molar-refractivity contribution in [2.45, 2.75) is 19.4 Å². The van der Waals surface area contributed by atoms with E-state index in [1.54, 1.807) is 19.2 Å². The summed E-state index contributed by atoms with van der Waals surface area (Å²) in [6.07, 6.45) is 2.75. The Balaban J connectivity index is 2.02. The molecule has 1 aromatic rings. The van der Waals surface area contributed by atoms with Crippen LogP contribution in [-0.2, 0) is 0 Å². The molecule has 2 aliphatic heterocycles. The summed E-state index contributed by atoms with van der Waals surface area (Å²) in [5.41, 5.74) is 0.837. The topological polar surface area (TPSA) is 71.3 Å². The van der Waals surface area contributed by atoms with Crippen molar-refractivity contribution in [2.24, 2.45) is 5.92 Å². The molecule has 0 aromatic carbocycles. The Hall–Kier alpha value is -1.69. The highest BCUT2D eigenvalue weighted by Gasteiger charge is 2.40. The molecule has 6 heteroatoms. The molecule has 2 saturated heterocycles. The van der Waals surface area contributed by atoms with Crippen molar-refractivity contribution in [3.63, 3.8) is 0 Å². The summed E-state index contributed by atoms with van der Waals surface area (Å²) in [4.78, 5) is 17.3. The first kappa shape index (κ1) is 11.4. The smallest absolute Gasteiger partial charge is 0.314 e. The molecule has 3 heterocycles. The van der Waals surface area contributed by atoms with Gasteiger partial charge in [0, 0.05) is 37.4 Å². The minimum atomic E-state index is -0.312. The first-order valence-corrected chi connectivity index (χ1v) is 6.26. The lowest BCUT2D eigenvalue weighted by Gasteiger charge is -2.24. The highest BCUT2D eigenvalue weighted by molar-refractivity contribution is 5.62. The number of hydrogen-bond acceptors (Lipinski definition) is 5. The normalized spacial score (nSPS) is 26.4. The van der Waals surface area contributed by atoms with Gasteiger partial charge in [0.1, 0.15) is 0 Å². The van der Waals surface area contributed by atoms with E-state index in [0.717, 1.165) is 26.1 Å². The molecule has 0 radical (unpaired) electrons. The average Bonchev–Trinajstić information content (AvgIpc) is 2.89. The Morgan fingerprint density at radius 3 is 3.17 bits per heavy atom. The van der Waals surface area contributed by atoms with Crippen LogP contribution < -0.4 is 10.2 Å². The van der Waals surface area contributed by atoms with Crippen LogP contribution in [0.3, 0.4) is 0 Å². The molecular weight excluding hydrogens is 232 g/mol. The van der Waals surface area contributed by atoms with Crippen molar-refractivity contribution in [2.75, 3.05) is 24.5 Å². The third-order valence-corrected chi connectivity index (χ3v) is 4.01. The number of aromatic nitrogens is 1. The number of pyridine rings is 1. The lowest BCUT2D eigenvalue weighted by molar-refractivity contribution is -0.384. The van der Waals surface area contributed by atoms with Gasteiger partial charge in [0.05, 0.1) is 4.92 Å². The highest BCUT2D eigenvalue weighted by Crippen LogP contribution is 2.36. The van der Waals surface area contributed by atoms with Crippen LogP contribution in [0.1, 0.15) is 12.0 Å². The fourth-order valence-corrected chi connectivity index (χ4v) is 3.08. The Bertz CT molecular complexity index is 491. The average molecular weight is 248 g/mol. The van der Waals surface area contributed by atoms with Gasteiger partial charge in [-0.3, -0.25) is 10.1 Å². The summed E-state index contributed by atoms with van der Waals surface area (Å²) in [6.45, 7) is 4.55. The minimum Gasteiger partial charge on any atom is -0.346 e. The van der Waals surface area contributed by atoms with Crippen LogP contribution in [0.5, 0.6) is 0 Å². The van der Waals surface area contributed by atoms with Gasteiger partial charge in [0.25, 0.3) is 0 Å². The molecule has 96 valence electrons. The van der Waals surface area contributed by atoms with Crippen LogP contribution in [-0.4, -0.2) is 35.6 Å². The van der Waals surface area contributed by atoms with Crippen molar-refractivity contribution in [1.29, 1.82) is 0 Å². The van der Waals surface area contributed by atoms with Crippen LogP contribution in [0.2, 0.25) is 0 Å². The van der Waals surface area contributed by atoms with Gasteiger partial charge >= 0.3 is 5.69 Å². The number of nitrogens with one attached hydrogen (secondary N) is 1. The molecule has 6 nitrogen and oxygen atoms in total. The molecule has 1 N–H and O–H groups in total. The van der Waals surface area contributed by atoms with Gasteiger partial charge in [-0.25, -0.2) is 4.98 Å². The summed E-state index contributed by atoms with van der Waals surface area (Å²) >= 11 is 0. The predicted octanol–water partition coefficient (Wildman–Crippen LogP) is 1.10. The maximum absolute atomic E-state index is 11.2. The van der Waals surface area contributed by atoms with Gasteiger partial charge in [0.2, 0.25) is 5.82 Å². The van der Waals surface area contributed by atoms with Gasteiger partial charge in [0.15, 0.2) is 0 Å². The van der Waals surface area contributed by atoms with Crippen molar-refractivity contribution in [1.82, 2.24) is 10.3 Å². The largest absolute Gasteiger partial charge is 0.346 e. The van der Waals surface area contributed by atoms with E-state index in [2.05, 4.69) is 15.2 Å². The second-order valence-corrected chi connectivity index (χ2v) is 5.02. The molecule has 0 unspecified atom stereocenters. The summed E-state index contributed by atoms with van der Waals surface area (Å²) in [6, 6.07) is 2.06. The van der Waals surface area contributed by atoms with E-state index in [9.17, 15) is 10.1 Å². The van der Waals surface area contributed by atoms with Crippen LogP contribution in [0.25, 0.3) is 0 Å². The number of nitro groups is 1. The van der Waals surface area contributed by atoms with E-state index in [4.69, 9.17) is 0 Å². The Labute approximate surface area is 105 Å². The standard InChI is InChI=1S/C12H16N4O2/c1-8-2-4-14-12(11(8)16(17)18)15-5-3-9-6-13-7-10(9)15/h2,4,9-10,13H,3,5-7H2,1H3/t9-,10+/m0/s1. The summed E-state index contributed by atoms with van der Waals surface area (Å²) in [5, 5.41) is 14.6. The van der Waals surface area contributed by atoms with Crippen molar-refractivity contribution in [3.05, 3.63) is 27.9 Å². The van der Waals surface area contributed by atoms with E-state index < -0.39 is 0 Å². The van der Waals surface area contributed by atoms with Crippen LogP contribution in [0.4, 0.5) is 11.5 Å². The summed E-state index contributed by atoms with van der Waals surface area (Å²) in [7, 11) is 0. The van der Waals surface area contributed by atoms with E-state index in [1.165, 1.54) is 0 Å². The van der Waals surface area contributed by atoms with Crippen molar-refractivity contribution >= 4 is 11.5 Å². The minimum absolute atomic E-state index is 0.157. The SMILES string of the molecule is Cc1ccnc(N2CC[C@H]3CNC[C@H]32)c1[N+](=O)[O-]. The predicted molar refractivity (Wildman–Crippen MR) is 67.7 cm³/mol. The lowest BCUT2D eigenvalue weighted by atomic mass is 10.1. The molecule has 0 aliphatic carbocycles. The fraction of sp³-hybridized carbons (Fsp3) is 0.583. The first-order chi connectivity index (χ1) is 8.68. The zero-order chi connectivity index (χ0) is 12.7. The Morgan fingerprint density at radius 1 is 1.56 bits per heavy atom. The van der Waals surface area contributed by atoms with E-state index in [1.807, 2.05) is 0 Å². The molecule has 2 aliphatic rings. The Kier molecular flexibility index (Phi) is 2.66. The monoisotopic (exact) mass is 248 g/mol. The van der Waals surface area contributed by atoms with Gasteiger partial charge in [-0.1, -0.05) is 0 Å². The number of anilines is 1. The molecule has 0 saturated carbocycles. The number of nitrogens with zero attached hydrogens (tertiary/aromatic N) is 3. The summed E-state index contributed by atoms with van der Waals surface area (Å²) < 4.78 is 0. The zero-order valence-corrected chi connectivity index (χ0v) is 10.3. The Morgan fingerprint density at radius 2 is 2.39 bits per heavy atom. The third-order valence-electron chi connectivity index (χ3n) is 4.01. The number of rotatable bonds is 2. The second-order valence-electron chi connectivity index (χ2n) is 5.02. The third kappa shape index (κ3) is 1.64. The van der Waals surface area contributed by atoms with Crippen molar-refractivity contribution in [3.8, 4) is 0 Å². The number of fused-ring (bicyclic) bond motifs is 1. The molecular formula is C12H16N4O2. The molecule has 2 atom stereocenters. The highest BCUT2D eigenvalue weighted by atomic mass is 16.6. The molecule has 0 spiro atoms. The fourth-order valence-electron chi connectivity index (χ4n) is 3.08. The maximum atomic E-state index is 11.2. The van der Waals surface area contributed by atoms with Gasteiger partial charge in [-0.15, -0.1) is 0 Å². The lowest BCUT2D eigenvalue weighted by Crippen LogP contribution is -2.35. The molecule has 2 fully saturated rings. The number of hydrogen-bond donors (Lipinski definition) is 1. The number of aryl methyl sites for hydroxylation is 1. The van der Waals surface area contributed by atoms with E-state index in [0.29, 0.717) is 23.3 Å². The summed E-state index contributed by atoms with van der Waals surface area (Å²) in [5.74, 6) is 1.14. The molecule has 1 aromatic heterocycles. The molecule has 0 bridgehead atoms. The quantitative estimate of drug-likeness (QED) is 0.626. The maximum Gasteiger partial charge on any atom is 0.314 e. The first-order valence-electron chi connectivity index (χ1n) is 6.26. The molecule has 18 heavy (non-hydrogen) atoms. The molecule has 3 rings (SSSR count). The van der Waals surface area contributed by atoms with E-state index >= 15 is 0 Å². The second kappa shape index (κ2) is 4.20. The van der Waals surface area contributed by atoms with Crippen LogP contribution in [0.15, 0.2) is 12.3 Å². The van der Waals surface area contributed by atoms with Gasteiger partial charge < -0.3 is 10.2 Å². The zero-order valence-electron chi connectivity index (χ0n) is 10.3. The molecule has 0 amide bonds. The van der Waals surface area contributed by atoms with Crippen LogP contribution in [0, 0.1) is 23.0 Å². The van der Waals surface area contributed by atoms with E-state index in [-0.39, 0.29) is 10.6 Å². The van der Waals surface area contributed by atoms with Gasteiger partial charge in [-0.05, 0) is 25.3 Å².